The van der Waals surface area contributed by atoms with Gasteiger partial charge in [0.2, 0.25) is 0 Å². The first-order valence-corrected chi connectivity index (χ1v) is 7.79. The molecule has 0 spiro atoms. The Morgan fingerprint density at radius 2 is 1.71 bits per heavy atom. The molecule has 0 saturated heterocycles. The van der Waals surface area contributed by atoms with Gasteiger partial charge in [0.15, 0.2) is 0 Å². The molecule has 0 aromatic heterocycles. The van der Waals surface area contributed by atoms with E-state index >= 15 is 0 Å². The fourth-order valence-corrected chi connectivity index (χ4v) is 2.28. The van der Waals surface area contributed by atoms with Crippen LogP contribution in [0.1, 0.15) is 38.5 Å². The second kappa shape index (κ2) is 11.1. The number of hydrogen-bond acceptors (Lipinski definition) is 3. The highest BCUT2D eigenvalue weighted by molar-refractivity contribution is 8.03. The molecule has 0 heterocycles. The van der Waals surface area contributed by atoms with Crippen LogP contribution in [0.4, 0.5) is 0 Å². The highest BCUT2D eigenvalue weighted by Gasteiger charge is 1.93. The lowest BCUT2D eigenvalue weighted by atomic mass is 10.1. The van der Waals surface area contributed by atoms with E-state index in [2.05, 4.69) is 5.40 Å². The smallest absolute Gasteiger partial charge is 0.133 e. The van der Waals surface area contributed by atoms with Gasteiger partial charge in [0.25, 0.3) is 0 Å². The van der Waals surface area contributed by atoms with Crippen molar-refractivity contribution in [1.82, 2.24) is 0 Å². The van der Waals surface area contributed by atoms with Crippen LogP contribution < -0.4 is 0 Å². The summed E-state index contributed by atoms with van der Waals surface area (Å²) >= 11 is 1.35. The van der Waals surface area contributed by atoms with Gasteiger partial charge in [-0.2, -0.15) is 5.26 Å². The van der Waals surface area contributed by atoms with Gasteiger partial charge in [-0.3, -0.25) is 4.21 Å². The minimum Gasteiger partial charge on any atom is -0.260 e. The van der Waals surface area contributed by atoms with Crippen molar-refractivity contribution in [1.29, 1.82) is 5.26 Å². The first kappa shape index (κ1) is 14.0. The van der Waals surface area contributed by atoms with Crippen molar-refractivity contribution < 1.29 is 4.21 Å². The number of nitrogens with zero attached hydrogens (tertiary/aromatic N) is 1. The van der Waals surface area contributed by atoms with E-state index in [1.165, 1.54) is 37.4 Å². The van der Waals surface area contributed by atoms with E-state index in [9.17, 15) is 4.21 Å². The van der Waals surface area contributed by atoms with Crippen LogP contribution in [-0.4, -0.2) is 22.0 Å². The third-order valence-corrected chi connectivity index (χ3v) is 3.48. The monoisotopic (exact) mass is 233 g/mol. The van der Waals surface area contributed by atoms with Gasteiger partial charge >= 0.3 is 0 Å². The zero-order valence-corrected chi connectivity index (χ0v) is 10.5. The number of rotatable bonds is 9. The normalized spacial score (nSPS) is 12.3. The highest BCUT2D eigenvalue weighted by Crippen LogP contribution is 2.08. The summed E-state index contributed by atoms with van der Waals surface area (Å²) in [6, 6.07) is 0. The predicted molar refractivity (Wildman–Crippen MR) is 64.7 cm³/mol. The van der Waals surface area contributed by atoms with Crippen molar-refractivity contribution in [3.8, 4) is 5.40 Å². The van der Waals surface area contributed by atoms with Crippen molar-refractivity contribution in [2.45, 2.75) is 38.5 Å². The molecule has 0 aromatic rings. The van der Waals surface area contributed by atoms with Gasteiger partial charge in [-0.25, -0.2) is 0 Å². The molecule has 0 saturated carbocycles. The Balaban J connectivity index is 2.93. The molecule has 0 aliphatic carbocycles. The van der Waals surface area contributed by atoms with Crippen LogP contribution in [-0.2, 0) is 10.8 Å². The Kier molecular flexibility index (Phi) is 11.1. The van der Waals surface area contributed by atoms with Crippen molar-refractivity contribution in [3.63, 3.8) is 0 Å². The zero-order valence-electron chi connectivity index (χ0n) is 8.83. The molecule has 0 fully saturated rings. The molecule has 2 nitrogen and oxygen atoms in total. The number of nitriles is 1. The van der Waals surface area contributed by atoms with E-state index in [1.54, 1.807) is 6.26 Å². The number of unbranched alkanes of at least 4 members (excludes halogenated alkanes) is 5. The molecule has 0 N–H and O–H groups in total. The third-order valence-electron chi connectivity index (χ3n) is 1.99. The fourth-order valence-electron chi connectivity index (χ4n) is 1.23. The molecule has 0 bridgehead atoms. The molecule has 0 aliphatic rings. The molecule has 0 aliphatic heterocycles. The highest BCUT2D eigenvalue weighted by atomic mass is 32.2. The van der Waals surface area contributed by atoms with Gasteiger partial charge in [0, 0.05) is 28.6 Å². The minimum atomic E-state index is -0.616. The first-order chi connectivity index (χ1) is 6.77. The zero-order chi connectivity index (χ0) is 10.6. The Morgan fingerprint density at radius 1 is 1.14 bits per heavy atom. The molecule has 4 heteroatoms. The van der Waals surface area contributed by atoms with Gasteiger partial charge < -0.3 is 0 Å². The van der Waals surface area contributed by atoms with E-state index in [1.807, 2.05) is 0 Å². The quantitative estimate of drug-likeness (QED) is 0.454. The minimum absolute atomic E-state index is 0.616. The van der Waals surface area contributed by atoms with Crippen LogP contribution in [0.15, 0.2) is 0 Å². The number of thioether (sulfide) groups is 1. The third kappa shape index (κ3) is 12.0. The van der Waals surface area contributed by atoms with Crippen LogP contribution in [0.2, 0.25) is 0 Å². The summed E-state index contributed by atoms with van der Waals surface area (Å²) < 4.78 is 10.7. The van der Waals surface area contributed by atoms with Gasteiger partial charge in [0.1, 0.15) is 5.40 Å². The number of thiocyanates is 1. The van der Waals surface area contributed by atoms with E-state index in [-0.39, 0.29) is 0 Å². The van der Waals surface area contributed by atoms with E-state index < -0.39 is 10.8 Å². The second-order valence-corrected chi connectivity index (χ2v) is 5.77. The van der Waals surface area contributed by atoms with Crippen LogP contribution in [0.5, 0.6) is 0 Å². The predicted octanol–water partition coefficient (Wildman–Crippen LogP) is 2.92. The van der Waals surface area contributed by atoms with Crippen molar-refractivity contribution in [2.75, 3.05) is 17.8 Å². The van der Waals surface area contributed by atoms with Crippen LogP contribution in [0.25, 0.3) is 0 Å². The van der Waals surface area contributed by atoms with Gasteiger partial charge in [0.05, 0.1) is 0 Å². The molecule has 0 amide bonds. The molecule has 0 radical (unpaired) electrons. The fraction of sp³-hybridized carbons (Fsp3) is 0.900. The van der Waals surface area contributed by atoms with Crippen molar-refractivity contribution >= 4 is 22.6 Å². The molecule has 0 rings (SSSR count). The summed E-state index contributed by atoms with van der Waals surface area (Å²) in [4.78, 5) is 0. The average molecular weight is 233 g/mol. The largest absolute Gasteiger partial charge is 0.260 e. The number of hydrogen-bond donors (Lipinski definition) is 0. The summed E-state index contributed by atoms with van der Waals surface area (Å²) in [5.41, 5.74) is 0. The average Bonchev–Trinajstić information content (AvgIpc) is 2.15. The Bertz CT molecular complexity index is 189. The Labute approximate surface area is 93.9 Å². The van der Waals surface area contributed by atoms with Gasteiger partial charge in [-0.05, 0) is 24.6 Å². The van der Waals surface area contributed by atoms with E-state index in [0.717, 1.165) is 24.3 Å². The molecular formula is C10H19NOS2. The lowest BCUT2D eigenvalue weighted by Gasteiger charge is -1.99. The summed E-state index contributed by atoms with van der Waals surface area (Å²) in [6.45, 7) is 0. The molecule has 0 aromatic carbocycles. The molecule has 14 heavy (non-hydrogen) atoms. The van der Waals surface area contributed by atoms with Crippen LogP contribution >= 0.6 is 11.8 Å². The maximum absolute atomic E-state index is 10.7. The Hall–Kier alpha value is -0.0100. The van der Waals surface area contributed by atoms with Crippen molar-refractivity contribution in [3.05, 3.63) is 0 Å². The lowest BCUT2D eigenvalue weighted by molar-refractivity contribution is 0.625. The van der Waals surface area contributed by atoms with E-state index in [0.29, 0.717) is 0 Å². The standard InChI is InChI=1S/C10H19NOS2/c1-14(12)9-7-5-3-2-4-6-8-13-10-11/h2-9H2,1H3. The van der Waals surface area contributed by atoms with Gasteiger partial charge in [-0.15, -0.1) is 0 Å². The molecule has 1 unspecified atom stereocenters. The SMILES string of the molecule is CS(=O)CCCCCCCCSC#N. The Morgan fingerprint density at radius 3 is 2.29 bits per heavy atom. The molecular weight excluding hydrogens is 214 g/mol. The summed E-state index contributed by atoms with van der Waals surface area (Å²) in [5, 5.41) is 10.3. The van der Waals surface area contributed by atoms with Crippen LogP contribution in [0, 0.1) is 10.7 Å². The summed E-state index contributed by atoms with van der Waals surface area (Å²) in [6.07, 6.45) is 8.93. The maximum Gasteiger partial charge on any atom is 0.133 e. The second-order valence-electron chi connectivity index (χ2n) is 3.34. The topological polar surface area (TPSA) is 40.9 Å². The van der Waals surface area contributed by atoms with Crippen LogP contribution in [0.3, 0.4) is 0 Å². The first-order valence-electron chi connectivity index (χ1n) is 5.08. The maximum atomic E-state index is 10.7. The molecule has 1 atom stereocenters. The molecule has 82 valence electrons. The lowest BCUT2D eigenvalue weighted by Crippen LogP contribution is -1.93. The summed E-state index contributed by atoms with van der Waals surface area (Å²) in [5.74, 6) is 1.82. The van der Waals surface area contributed by atoms with Gasteiger partial charge in [-0.1, -0.05) is 25.7 Å². The van der Waals surface area contributed by atoms with E-state index in [4.69, 9.17) is 5.26 Å². The summed E-state index contributed by atoms with van der Waals surface area (Å²) in [7, 11) is -0.616. The van der Waals surface area contributed by atoms with Crippen molar-refractivity contribution in [2.24, 2.45) is 0 Å².